The molecule has 0 unspecified atom stereocenters. The van der Waals surface area contributed by atoms with Crippen LogP contribution in [0.4, 0.5) is 10.6 Å². The Morgan fingerprint density at radius 3 is 2.49 bits per heavy atom. The van der Waals surface area contributed by atoms with Gasteiger partial charge in [-0.2, -0.15) is 9.61 Å². The molecule has 35 heavy (non-hydrogen) atoms. The number of hydrogen-bond acceptors (Lipinski definition) is 5. The van der Waals surface area contributed by atoms with Crippen molar-refractivity contribution >= 4 is 33.4 Å². The van der Waals surface area contributed by atoms with E-state index in [0.29, 0.717) is 24.6 Å². The fraction of sp³-hybridized carbons (Fsp3) is 0.308. The van der Waals surface area contributed by atoms with E-state index in [1.165, 1.54) is 0 Å². The molecule has 1 fully saturated rings. The van der Waals surface area contributed by atoms with Crippen LogP contribution < -0.4 is 11.1 Å². The molecule has 0 bridgehead atoms. The zero-order chi connectivity index (χ0) is 24.5. The highest BCUT2D eigenvalue weighted by molar-refractivity contribution is 9.10. The van der Waals surface area contributed by atoms with Gasteiger partial charge in [0.25, 0.3) is 0 Å². The third-order valence-electron chi connectivity index (χ3n) is 6.37. The van der Waals surface area contributed by atoms with Gasteiger partial charge in [0.15, 0.2) is 5.65 Å². The standard InChI is InChI=1S/C26H28BrN7O/c1-16(2)31-26(35)33-12-10-18(11-13-33)23-22(27)24(28)34-25(32-23)20(15-30-34)19-8-9-21(29-14-19)17-6-4-3-5-7-17/h3-9,14-16,18H,10-13,28H2,1-2H3,(H,31,35). The van der Waals surface area contributed by atoms with Gasteiger partial charge < -0.3 is 16.0 Å². The molecule has 3 N–H and O–H groups in total. The van der Waals surface area contributed by atoms with E-state index < -0.39 is 0 Å². The normalized spacial score (nSPS) is 14.6. The molecule has 0 saturated carbocycles. The number of nitrogens with zero attached hydrogens (tertiary/aromatic N) is 5. The van der Waals surface area contributed by atoms with Crippen LogP contribution in [0, 0.1) is 0 Å². The Morgan fingerprint density at radius 1 is 1.09 bits per heavy atom. The number of fused-ring (bicyclic) bond motifs is 1. The minimum atomic E-state index is -0.00929. The van der Waals surface area contributed by atoms with Crippen molar-refractivity contribution in [1.29, 1.82) is 0 Å². The number of piperidine rings is 1. The van der Waals surface area contributed by atoms with Gasteiger partial charge in [-0.3, -0.25) is 4.98 Å². The molecule has 0 aliphatic carbocycles. The zero-order valence-electron chi connectivity index (χ0n) is 19.8. The number of nitrogens with one attached hydrogen (secondary N) is 1. The van der Waals surface area contributed by atoms with E-state index in [9.17, 15) is 4.79 Å². The number of nitrogens with two attached hydrogens (primary N) is 1. The van der Waals surface area contributed by atoms with Crippen molar-refractivity contribution in [1.82, 2.24) is 29.8 Å². The number of anilines is 1. The molecule has 3 aromatic heterocycles. The fourth-order valence-corrected chi connectivity index (χ4v) is 5.09. The fourth-order valence-electron chi connectivity index (χ4n) is 4.51. The summed E-state index contributed by atoms with van der Waals surface area (Å²) in [5.74, 6) is 0.714. The average molecular weight is 534 g/mol. The molecule has 9 heteroatoms. The number of pyridine rings is 1. The minimum Gasteiger partial charge on any atom is -0.383 e. The first kappa shape index (κ1) is 23.3. The number of benzene rings is 1. The average Bonchev–Trinajstić information content (AvgIpc) is 3.31. The van der Waals surface area contributed by atoms with Crippen molar-refractivity contribution in [2.75, 3.05) is 18.8 Å². The quantitative estimate of drug-likeness (QED) is 0.380. The molecule has 5 rings (SSSR count). The maximum Gasteiger partial charge on any atom is 0.317 e. The highest BCUT2D eigenvalue weighted by Gasteiger charge is 2.28. The summed E-state index contributed by atoms with van der Waals surface area (Å²) in [6, 6.07) is 14.2. The van der Waals surface area contributed by atoms with Crippen molar-refractivity contribution in [3.05, 3.63) is 65.0 Å². The van der Waals surface area contributed by atoms with Crippen molar-refractivity contribution < 1.29 is 4.79 Å². The molecular weight excluding hydrogens is 506 g/mol. The molecule has 0 radical (unpaired) electrons. The van der Waals surface area contributed by atoms with Crippen LogP contribution in [0.25, 0.3) is 28.0 Å². The molecule has 1 aromatic carbocycles. The first-order valence-corrected chi connectivity index (χ1v) is 12.6. The van der Waals surface area contributed by atoms with Crippen molar-refractivity contribution in [3.63, 3.8) is 0 Å². The number of nitrogen functional groups attached to an aromatic ring is 1. The minimum absolute atomic E-state index is 0.00929. The lowest BCUT2D eigenvalue weighted by molar-refractivity contribution is 0.178. The number of carbonyl (C=O) groups is 1. The van der Waals surface area contributed by atoms with Crippen LogP contribution in [-0.4, -0.2) is 49.6 Å². The number of urea groups is 1. The molecule has 0 spiro atoms. The van der Waals surface area contributed by atoms with E-state index in [1.807, 2.05) is 67.4 Å². The summed E-state index contributed by atoms with van der Waals surface area (Å²) in [6.45, 7) is 5.30. The maximum absolute atomic E-state index is 12.4. The lowest BCUT2D eigenvalue weighted by atomic mass is 9.93. The summed E-state index contributed by atoms with van der Waals surface area (Å²) >= 11 is 3.66. The number of rotatable bonds is 4. The Bertz CT molecular complexity index is 1340. The molecule has 0 atom stereocenters. The van der Waals surface area contributed by atoms with Crippen LogP contribution in [0.15, 0.2) is 59.3 Å². The lowest BCUT2D eigenvalue weighted by Crippen LogP contribution is -2.46. The predicted octanol–water partition coefficient (Wildman–Crippen LogP) is 5.10. The monoisotopic (exact) mass is 533 g/mol. The number of amides is 2. The SMILES string of the molecule is CC(C)NC(=O)N1CCC(c2nc3c(-c4ccc(-c5ccccc5)nc4)cnn3c(N)c2Br)CC1. The molecule has 4 heterocycles. The van der Waals surface area contributed by atoms with Gasteiger partial charge in [0.2, 0.25) is 0 Å². The summed E-state index contributed by atoms with van der Waals surface area (Å²) in [5.41, 5.74) is 11.9. The summed E-state index contributed by atoms with van der Waals surface area (Å²) in [4.78, 5) is 23.9. The number of likely N-dealkylation sites (tertiary alicyclic amines) is 1. The summed E-state index contributed by atoms with van der Waals surface area (Å²) in [6.07, 6.45) is 5.28. The highest BCUT2D eigenvalue weighted by Crippen LogP contribution is 2.37. The third kappa shape index (κ3) is 4.60. The van der Waals surface area contributed by atoms with Gasteiger partial charge in [-0.25, -0.2) is 9.78 Å². The Balaban J connectivity index is 1.43. The van der Waals surface area contributed by atoms with Crippen molar-refractivity contribution in [2.45, 2.75) is 38.6 Å². The van der Waals surface area contributed by atoms with E-state index in [2.05, 4.69) is 31.3 Å². The van der Waals surface area contributed by atoms with Crippen LogP contribution >= 0.6 is 15.9 Å². The number of aromatic nitrogens is 4. The molecule has 2 amide bonds. The largest absolute Gasteiger partial charge is 0.383 e. The number of hydrogen-bond donors (Lipinski definition) is 2. The van der Waals surface area contributed by atoms with Gasteiger partial charge in [-0.15, -0.1) is 0 Å². The van der Waals surface area contributed by atoms with Crippen LogP contribution in [0.5, 0.6) is 0 Å². The Kier molecular flexibility index (Phi) is 6.42. The lowest BCUT2D eigenvalue weighted by Gasteiger charge is -2.32. The van der Waals surface area contributed by atoms with Crippen molar-refractivity contribution in [2.24, 2.45) is 0 Å². The molecular formula is C26H28BrN7O. The van der Waals surface area contributed by atoms with Crippen LogP contribution in [0.1, 0.15) is 38.3 Å². The second kappa shape index (κ2) is 9.65. The smallest absolute Gasteiger partial charge is 0.317 e. The molecule has 4 aromatic rings. The number of halogens is 1. The van der Waals surface area contributed by atoms with E-state index in [4.69, 9.17) is 10.7 Å². The van der Waals surface area contributed by atoms with Gasteiger partial charge in [0.1, 0.15) is 5.82 Å². The Labute approximate surface area is 212 Å². The van der Waals surface area contributed by atoms with Gasteiger partial charge in [-0.1, -0.05) is 36.4 Å². The van der Waals surface area contributed by atoms with Crippen molar-refractivity contribution in [3.8, 4) is 22.4 Å². The summed E-state index contributed by atoms with van der Waals surface area (Å²) in [5, 5.41) is 7.47. The Morgan fingerprint density at radius 2 is 1.83 bits per heavy atom. The van der Waals surface area contributed by atoms with E-state index in [0.717, 1.165) is 45.4 Å². The van der Waals surface area contributed by atoms with E-state index in [1.54, 1.807) is 10.7 Å². The van der Waals surface area contributed by atoms with Crippen LogP contribution in [0.2, 0.25) is 0 Å². The molecule has 1 aliphatic heterocycles. The molecule has 1 saturated heterocycles. The molecule has 180 valence electrons. The number of carbonyl (C=O) groups excluding carboxylic acids is 1. The topological polar surface area (TPSA) is 101 Å². The Hall–Kier alpha value is -3.46. The van der Waals surface area contributed by atoms with Gasteiger partial charge in [0.05, 0.1) is 22.1 Å². The van der Waals surface area contributed by atoms with Gasteiger partial charge in [0, 0.05) is 47.9 Å². The molecule has 8 nitrogen and oxygen atoms in total. The van der Waals surface area contributed by atoms with E-state index in [-0.39, 0.29) is 18.0 Å². The highest BCUT2D eigenvalue weighted by atomic mass is 79.9. The first-order chi connectivity index (χ1) is 16.9. The predicted molar refractivity (Wildman–Crippen MR) is 141 cm³/mol. The van der Waals surface area contributed by atoms with Gasteiger partial charge in [-0.05, 0) is 48.7 Å². The van der Waals surface area contributed by atoms with Gasteiger partial charge >= 0.3 is 6.03 Å². The summed E-state index contributed by atoms with van der Waals surface area (Å²) < 4.78 is 2.43. The first-order valence-electron chi connectivity index (χ1n) is 11.8. The second-order valence-corrected chi connectivity index (χ2v) is 9.95. The van der Waals surface area contributed by atoms with Crippen LogP contribution in [-0.2, 0) is 0 Å². The van der Waals surface area contributed by atoms with Crippen LogP contribution in [0.3, 0.4) is 0 Å². The maximum atomic E-state index is 12.4. The third-order valence-corrected chi connectivity index (χ3v) is 7.19. The second-order valence-electron chi connectivity index (χ2n) is 9.15. The summed E-state index contributed by atoms with van der Waals surface area (Å²) in [7, 11) is 0. The van der Waals surface area contributed by atoms with E-state index >= 15 is 0 Å². The molecule has 1 aliphatic rings. The zero-order valence-corrected chi connectivity index (χ0v) is 21.4.